The number of hydrogen-bond acceptors (Lipinski definition) is 5. The number of amides is 2. The van der Waals surface area contributed by atoms with E-state index in [0.29, 0.717) is 4.90 Å². The van der Waals surface area contributed by atoms with Crippen LogP contribution in [0, 0.1) is 0 Å². The maximum absolute atomic E-state index is 13.8. The zero-order chi connectivity index (χ0) is 24.7. The molecule has 8 nitrogen and oxygen atoms in total. The Hall–Kier alpha value is -3.53. The van der Waals surface area contributed by atoms with Gasteiger partial charge in [-0.15, -0.1) is 0 Å². The van der Waals surface area contributed by atoms with Crippen molar-refractivity contribution < 1.29 is 37.7 Å². The van der Waals surface area contributed by atoms with Gasteiger partial charge in [0.1, 0.15) is 12.6 Å². The molecule has 0 bridgehead atoms. The highest BCUT2D eigenvalue weighted by atomic mass is 19.3. The number of halogens is 2. The number of rotatable bonds is 5. The highest BCUT2D eigenvalue weighted by Gasteiger charge is 2.53. The predicted molar refractivity (Wildman–Crippen MR) is 119 cm³/mol. The smallest absolute Gasteiger partial charge is 0.407 e. The van der Waals surface area contributed by atoms with Crippen LogP contribution in [0.25, 0.3) is 11.1 Å². The Kier molecular flexibility index (Phi) is 5.92. The number of carboxylic acid groups (broad SMARTS) is 1. The van der Waals surface area contributed by atoms with Crippen molar-refractivity contribution in [3.05, 3.63) is 59.7 Å². The van der Waals surface area contributed by atoms with E-state index in [2.05, 4.69) is 5.32 Å². The molecule has 2 heterocycles. The molecule has 0 radical (unpaired) electrons. The standard InChI is InChI=1S/C25H24F2N2O6/c26-25(27)11-20(23(31)32)29(13-25)22(30)21-19(9-10-34-21)28-24(33)35-12-18-16-7-3-1-5-14(16)15-6-2-4-8-17(15)18/h1-8,18-21H,9-13H2,(H,28,33)(H,31,32). The van der Waals surface area contributed by atoms with Gasteiger partial charge < -0.3 is 24.8 Å². The van der Waals surface area contributed by atoms with E-state index in [1.807, 2.05) is 48.5 Å². The minimum absolute atomic E-state index is 0.0749. The predicted octanol–water partition coefficient (Wildman–Crippen LogP) is 3.00. The molecule has 0 spiro atoms. The van der Waals surface area contributed by atoms with Gasteiger partial charge >= 0.3 is 12.1 Å². The number of alkyl halides is 2. The fourth-order valence-electron chi connectivity index (χ4n) is 5.20. The van der Waals surface area contributed by atoms with Crippen LogP contribution in [0.1, 0.15) is 29.9 Å². The van der Waals surface area contributed by atoms with Crippen LogP contribution in [0.5, 0.6) is 0 Å². The number of aliphatic carboxylic acids is 1. The number of hydrogen-bond donors (Lipinski definition) is 2. The fourth-order valence-corrected chi connectivity index (χ4v) is 5.20. The first kappa shape index (κ1) is 23.2. The summed E-state index contributed by atoms with van der Waals surface area (Å²) in [6.07, 6.45) is -2.71. The minimum Gasteiger partial charge on any atom is -0.480 e. The topological polar surface area (TPSA) is 105 Å². The van der Waals surface area contributed by atoms with Crippen LogP contribution in [-0.2, 0) is 19.1 Å². The van der Waals surface area contributed by atoms with E-state index < -0.39 is 55.0 Å². The molecule has 3 unspecified atom stereocenters. The van der Waals surface area contributed by atoms with Gasteiger partial charge in [-0.3, -0.25) is 4.79 Å². The largest absolute Gasteiger partial charge is 0.480 e. The van der Waals surface area contributed by atoms with Gasteiger partial charge in [0.15, 0.2) is 6.10 Å². The number of carbonyl (C=O) groups is 3. The second-order valence-electron chi connectivity index (χ2n) is 9.04. The highest BCUT2D eigenvalue weighted by molar-refractivity contribution is 5.88. The van der Waals surface area contributed by atoms with Crippen molar-refractivity contribution in [1.82, 2.24) is 10.2 Å². The SMILES string of the molecule is O=C(NC1CCOC1C(=O)N1CC(F)(F)CC1C(=O)O)OCC1c2ccccc2-c2ccccc21. The second kappa shape index (κ2) is 8.92. The number of carboxylic acids is 1. The van der Waals surface area contributed by atoms with Gasteiger partial charge in [0, 0.05) is 18.9 Å². The molecule has 2 aromatic rings. The Morgan fingerprint density at radius 2 is 1.71 bits per heavy atom. The number of ether oxygens (including phenoxy) is 2. The molecule has 35 heavy (non-hydrogen) atoms. The molecule has 2 saturated heterocycles. The lowest BCUT2D eigenvalue weighted by atomic mass is 9.98. The van der Waals surface area contributed by atoms with Crippen molar-refractivity contribution in [3.63, 3.8) is 0 Å². The molecule has 2 aliphatic heterocycles. The molecule has 2 fully saturated rings. The lowest BCUT2D eigenvalue weighted by Crippen LogP contribution is -2.52. The molecule has 1 aliphatic carbocycles. The Balaban J connectivity index is 1.24. The Morgan fingerprint density at radius 3 is 2.34 bits per heavy atom. The summed E-state index contributed by atoms with van der Waals surface area (Å²) < 4.78 is 38.6. The first-order valence-electron chi connectivity index (χ1n) is 11.4. The van der Waals surface area contributed by atoms with E-state index >= 15 is 0 Å². The third kappa shape index (κ3) is 4.34. The average Bonchev–Trinajstić information content (AvgIpc) is 3.51. The average molecular weight is 486 g/mol. The number of alkyl carbamates (subject to hydrolysis) is 1. The Bertz CT molecular complexity index is 1130. The van der Waals surface area contributed by atoms with E-state index in [9.17, 15) is 28.3 Å². The molecule has 10 heteroatoms. The molecule has 2 aromatic carbocycles. The molecule has 184 valence electrons. The van der Waals surface area contributed by atoms with Gasteiger partial charge in [0.05, 0.1) is 12.6 Å². The Labute approximate surface area is 199 Å². The van der Waals surface area contributed by atoms with Crippen LogP contribution in [0.3, 0.4) is 0 Å². The van der Waals surface area contributed by atoms with Crippen molar-refractivity contribution in [3.8, 4) is 11.1 Å². The fraction of sp³-hybridized carbons (Fsp3) is 0.400. The minimum atomic E-state index is -3.30. The highest BCUT2D eigenvalue weighted by Crippen LogP contribution is 2.44. The third-order valence-corrected chi connectivity index (χ3v) is 6.82. The lowest BCUT2D eigenvalue weighted by molar-refractivity contribution is -0.153. The molecule has 2 amide bonds. The van der Waals surface area contributed by atoms with Gasteiger partial charge in [-0.25, -0.2) is 18.4 Å². The number of benzene rings is 2. The summed E-state index contributed by atoms with van der Waals surface area (Å²) in [6, 6.07) is 13.3. The molecule has 0 aromatic heterocycles. The van der Waals surface area contributed by atoms with Crippen LogP contribution in [-0.4, -0.2) is 71.8 Å². The van der Waals surface area contributed by atoms with Crippen molar-refractivity contribution in [2.24, 2.45) is 0 Å². The summed E-state index contributed by atoms with van der Waals surface area (Å²) in [6.45, 7) is -0.807. The number of nitrogens with one attached hydrogen (secondary N) is 1. The summed E-state index contributed by atoms with van der Waals surface area (Å²) >= 11 is 0. The quantitative estimate of drug-likeness (QED) is 0.673. The van der Waals surface area contributed by atoms with Gasteiger partial charge in [-0.1, -0.05) is 48.5 Å². The molecule has 2 N–H and O–H groups in total. The van der Waals surface area contributed by atoms with Gasteiger partial charge in [-0.2, -0.15) is 0 Å². The van der Waals surface area contributed by atoms with Crippen LogP contribution in [0.2, 0.25) is 0 Å². The zero-order valence-corrected chi connectivity index (χ0v) is 18.7. The van der Waals surface area contributed by atoms with Crippen LogP contribution < -0.4 is 5.32 Å². The van der Waals surface area contributed by atoms with Crippen LogP contribution >= 0.6 is 0 Å². The van der Waals surface area contributed by atoms with Gasteiger partial charge in [0.25, 0.3) is 11.8 Å². The Morgan fingerprint density at radius 1 is 1.09 bits per heavy atom. The van der Waals surface area contributed by atoms with Gasteiger partial charge in [0.2, 0.25) is 0 Å². The summed E-state index contributed by atoms with van der Waals surface area (Å²) in [4.78, 5) is 37.5. The van der Waals surface area contributed by atoms with Crippen molar-refractivity contribution in [1.29, 1.82) is 0 Å². The normalized spacial score (nSPS) is 24.6. The number of nitrogens with zero attached hydrogens (tertiary/aromatic N) is 1. The number of fused-ring (bicyclic) bond motifs is 3. The third-order valence-electron chi connectivity index (χ3n) is 6.82. The van der Waals surface area contributed by atoms with Crippen LogP contribution in [0.4, 0.5) is 13.6 Å². The maximum atomic E-state index is 13.8. The summed E-state index contributed by atoms with van der Waals surface area (Å²) in [7, 11) is 0. The number of carbonyl (C=O) groups excluding carboxylic acids is 2. The molecular weight excluding hydrogens is 462 g/mol. The lowest BCUT2D eigenvalue weighted by Gasteiger charge is -2.27. The van der Waals surface area contributed by atoms with E-state index in [-0.39, 0.29) is 25.6 Å². The maximum Gasteiger partial charge on any atom is 0.407 e. The molecule has 3 aliphatic rings. The zero-order valence-electron chi connectivity index (χ0n) is 18.7. The molecule has 3 atom stereocenters. The van der Waals surface area contributed by atoms with Crippen molar-refractivity contribution in [2.75, 3.05) is 19.8 Å². The summed E-state index contributed by atoms with van der Waals surface area (Å²) in [5.41, 5.74) is 4.27. The van der Waals surface area contributed by atoms with E-state index in [1.165, 1.54) is 0 Å². The first-order valence-corrected chi connectivity index (χ1v) is 11.4. The summed E-state index contributed by atoms with van der Waals surface area (Å²) in [5, 5.41) is 11.9. The van der Waals surface area contributed by atoms with Crippen molar-refractivity contribution in [2.45, 2.75) is 42.9 Å². The van der Waals surface area contributed by atoms with E-state index in [0.717, 1.165) is 22.3 Å². The molecular formula is C25H24F2N2O6. The molecule has 5 rings (SSSR count). The van der Waals surface area contributed by atoms with Crippen LogP contribution in [0.15, 0.2) is 48.5 Å². The first-order chi connectivity index (χ1) is 16.7. The molecule has 0 saturated carbocycles. The second-order valence-corrected chi connectivity index (χ2v) is 9.04. The van der Waals surface area contributed by atoms with Gasteiger partial charge in [-0.05, 0) is 28.7 Å². The van der Waals surface area contributed by atoms with E-state index in [1.54, 1.807) is 0 Å². The number of likely N-dealkylation sites (tertiary alicyclic amines) is 1. The summed E-state index contributed by atoms with van der Waals surface area (Å²) in [5.74, 6) is -5.83. The monoisotopic (exact) mass is 486 g/mol. The van der Waals surface area contributed by atoms with E-state index in [4.69, 9.17) is 9.47 Å². The van der Waals surface area contributed by atoms with Crippen molar-refractivity contribution >= 4 is 18.0 Å².